The van der Waals surface area contributed by atoms with E-state index in [0.29, 0.717) is 0 Å². The highest BCUT2D eigenvalue weighted by Crippen LogP contribution is 2.10. The van der Waals surface area contributed by atoms with E-state index >= 15 is 0 Å². The summed E-state index contributed by atoms with van der Waals surface area (Å²) in [7, 11) is -1.55. The normalized spacial score (nSPS) is 11.9. The van der Waals surface area contributed by atoms with Crippen LogP contribution in [0.1, 0.15) is 47.5 Å². The zero-order valence-electron chi connectivity index (χ0n) is 12.4. The Morgan fingerprint density at radius 3 is 1.89 bits per heavy atom. The van der Waals surface area contributed by atoms with Gasteiger partial charge >= 0.3 is 12.2 Å². The SMILES string of the molecule is CCC[SiH](CCC)OC(=O)N=NC(=O)OC(C)(C)C. The lowest BCUT2D eigenvalue weighted by Gasteiger charge is -2.16. The first-order valence-electron chi connectivity index (χ1n) is 6.63. The summed E-state index contributed by atoms with van der Waals surface area (Å²) in [5.41, 5.74) is -0.651. The molecule has 0 fully saturated rings. The maximum atomic E-state index is 11.4. The van der Waals surface area contributed by atoms with E-state index in [4.69, 9.17) is 9.16 Å². The molecule has 0 aromatic rings. The van der Waals surface area contributed by atoms with Gasteiger partial charge in [0.25, 0.3) is 0 Å². The summed E-state index contributed by atoms with van der Waals surface area (Å²) in [6.07, 6.45) is 0.291. The smallest absolute Gasteiger partial charge is 0.453 e. The Labute approximate surface area is 116 Å². The Hall–Kier alpha value is -1.24. The van der Waals surface area contributed by atoms with Gasteiger partial charge in [0.1, 0.15) is 5.60 Å². The van der Waals surface area contributed by atoms with Gasteiger partial charge in [-0.25, -0.2) is 9.59 Å². The van der Waals surface area contributed by atoms with E-state index in [-0.39, 0.29) is 0 Å². The number of hydrogen-bond donors (Lipinski definition) is 0. The van der Waals surface area contributed by atoms with E-state index in [9.17, 15) is 9.59 Å². The van der Waals surface area contributed by atoms with Crippen molar-refractivity contribution in [2.24, 2.45) is 10.2 Å². The molecule has 19 heavy (non-hydrogen) atoms. The zero-order valence-corrected chi connectivity index (χ0v) is 13.6. The first-order chi connectivity index (χ1) is 8.78. The Morgan fingerprint density at radius 2 is 1.47 bits per heavy atom. The van der Waals surface area contributed by atoms with Crippen molar-refractivity contribution >= 4 is 21.2 Å². The van der Waals surface area contributed by atoms with E-state index in [0.717, 1.165) is 24.9 Å². The first kappa shape index (κ1) is 17.8. The summed E-state index contributed by atoms with van der Waals surface area (Å²) in [6.45, 7) is 9.23. The van der Waals surface area contributed by atoms with Crippen LogP contribution in [-0.4, -0.2) is 26.8 Å². The van der Waals surface area contributed by atoms with Crippen LogP contribution in [0.2, 0.25) is 12.1 Å². The van der Waals surface area contributed by atoms with Crippen molar-refractivity contribution in [2.75, 3.05) is 0 Å². The number of azo groups is 1. The van der Waals surface area contributed by atoms with Crippen molar-refractivity contribution in [1.82, 2.24) is 0 Å². The molecular weight excluding hydrogens is 264 g/mol. The predicted molar refractivity (Wildman–Crippen MR) is 74.9 cm³/mol. The molecule has 2 amide bonds. The van der Waals surface area contributed by atoms with E-state index in [1.807, 2.05) is 13.8 Å². The summed E-state index contributed by atoms with van der Waals surface area (Å²) < 4.78 is 10.1. The van der Waals surface area contributed by atoms with Crippen LogP contribution in [0, 0.1) is 0 Å². The van der Waals surface area contributed by atoms with Crippen molar-refractivity contribution < 1.29 is 18.8 Å². The van der Waals surface area contributed by atoms with Gasteiger partial charge in [-0.05, 0) is 32.9 Å². The van der Waals surface area contributed by atoms with Crippen LogP contribution < -0.4 is 0 Å². The van der Waals surface area contributed by atoms with Crippen LogP contribution in [-0.2, 0) is 9.16 Å². The maximum absolute atomic E-state index is 11.4. The van der Waals surface area contributed by atoms with Gasteiger partial charge in [0.05, 0.1) is 0 Å². The van der Waals surface area contributed by atoms with Gasteiger partial charge in [0, 0.05) is 0 Å². The van der Waals surface area contributed by atoms with Gasteiger partial charge < -0.3 is 9.16 Å². The molecular formula is C12H24N2O4Si. The van der Waals surface area contributed by atoms with E-state index in [1.165, 1.54) is 0 Å². The molecule has 0 aromatic carbocycles. The lowest BCUT2D eigenvalue weighted by atomic mass is 10.2. The average molecular weight is 288 g/mol. The molecule has 110 valence electrons. The minimum atomic E-state index is -1.55. The summed E-state index contributed by atoms with van der Waals surface area (Å²) in [6, 6.07) is 1.84. The van der Waals surface area contributed by atoms with Crippen LogP contribution in [0.3, 0.4) is 0 Å². The largest absolute Gasteiger partial charge is 0.504 e. The standard InChI is InChI=1S/C12H24N2O4Si/c1-6-8-19(9-7-2)18-11(16)14-13-10(15)17-12(3,4)5/h19H,6-9H2,1-5H3. The van der Waals surface area contributed by atoms with Gasteiger partial charge in [-0.1, -0.05) is 36.9 Å². The second-order valence-corrected chi connectivity index (χ2v) is 7.90. The minimum Gasteiger partial charge on any atom is -0.504 e. The Morgan fingerprint density at radius 1 is 1.00 bits per heavy atom. The number of hydrogen-bond acceptors (Lipinski definition) is 4. The molecule has 0 bridgehead atoms. The van der Waals surface area contributed by atoms with Crippen LogP contribution in [0.15, 0.2) is 10.2 Å². The number of nitrogens with zero attached hydrogens (tertiary/aromatic N) is 2. The van der Waals surface area contributed by atoms with E-state index < -0.39 is 26.8 Å². The second kappa shape index (κ2) is 8.79. The third-order valence-corrected chi connectivity index (χ3v) is 5.07. The number of carbonyl (C=O) groups excluding carboxylic acids is 2. The third-order valence-electron chi connectivity index (χ3n) is 2.10. The van der Waals surface area contributed by atoms with E-state index in [1.54, 1.807) is 20.8 Å². The molecule has 0 aromatic heterocycles. The summed E-state index contributed by atoms with van der Waals surface area (Å²) >= 11 is 0. The molecule has 0 heterocycles. The van der Waals surface area contributed by atoms with Gasteiger partial charge in [-0.2, -0.15) is 0 Å². The van der Waals surface area contributed by atoms with Crippen LogP contribution in [0.4, 0.5) is 9.59 Å². The van der Waals surface area contributed by atoms with Crippen molar-refractivity contribution in [1.29, 1.82) is 0 Å². The lowest BCUT2D eigenvalue weighted by molar-refractivity contribution is 0.0589. The fourth-order valence-electron chi connectivity index (χ4n) is 1.44. The molecule has 0 radical (unpaired) electrons. The quantitative estimate of drug-likeness (QED) is 0.564. The summed E-state index contributed by atoms with van der Waals surface area (Å²) in [5.74, 6) is 0. The second-order valence-electron chi connectivity index (χ2n) is 5.26. The Bertz CT molecular complexity index is 320. The topological polar surface area (TPSA) is 77.3 Å². The van der Waals surface area contributed by atoms with Crippen molar-refractivity contribution in [2.45, 2.75) is 65.1 Å². The van der Waals surface area contributed by atoms with Crippen LogP contribution >= 0.6 is 0 Å². The highest BCUT2D eigenvalue weighted by Gasteiger charge is 2.18. The number of carbonyl (C=O) groups is 2. The molecule has 0 atom stereocenters. The first-order valence-corrected chi connectivity index (χ1v) is 8.74. The van der Waals surface area contributed by atoms with Gasteiger partial charge in [-0.15, -0.1) is 0 Å². The average Bonchev–Trinajstić information content (AvgIpc) is 2.25. The zero-order chi connectivity index (χ0) is 14.9. The van der Waals surface area contributed by atoms with Crippen LogP contribution in [0.5, 0.6) is 0 Å². The van der Waals surface area contributed by atoms with E-state index in [2.05, 4.69) is 10.2 Å². The monoisotopic (exact) mass is 288 g/mol. The molecule has 7 heteroatoms. The van der Waals surface area contributed by atoms with Crippen LogP contribution in [0.25, 0.3) is 0 Å². The number of amides is 2. The molecule has 0 saturated heterocycles. The molecule has 0 saturated carbocycles. The number of rotatable bonds is 5. The van der Waals surface area contributed by atoms with Gasteiger partial charge in [0.15, 0.2) is 0 Å². The highest BCUT2D eigenvalue weighted by molar-refractivity contribution is 6.53. The molecule has 6 nitrogen and oxygen atoms in total. The van der Waals surface area contributed by atoms with Gasteiger partial charge in [-0.3, -0.25) is 0 Å². The maximum Gasteiger partial charge on any atom is 0.453 e. The fraction of sp³-hybridized carbons (Fsp3) is 0.833. The third kappa shape index (κ3) is 10.4. The fourth-order valence-corrected chi connectivity index (χ4v) is 3.58. The van der Waals surface area contributed by atoms with Crippen molar-refractivity contribution in [3.63, 3.8) is 0 Å². The Kier molecular flexibility index (Phi) is 8.21. The summed E-state index contributed by atoms with van der Waals surface area (Å²) in [4.78, 5) is 22.6. The molecule has 0 spiro atoms. The molecule has 0 aliphatic carbocycles. The summed E-state index contributed by atoms with van der Waals surface area (Å²) in [5, 5.41) is 6.43. The lowest BCUT2D eigenvalue weighted by Crippen LogP contribution is -2.22. The van der Waals surface area contributed by atoms with Crippen molar-refractivity contribution in [3.8, 4) is 0 Å². The highest BCUT2D eigenvalue weighted by atomic mass is 28.3. The number of ether oxygens (including phenoxy) is 1. The molecule has 0 unspecified atom stereocenters. The molecule has 0 rings (SSSR count). The predicted octanol–water partition coefficient (Wildman–Crippen LogP) is 4.05. The molecule has 0 aliphatic rings. The Balaban J connectivity index is 4.24. The molecule has 0 N–H and O–H groups in total. The van der Waals surface area contributed by atoms with Crippen molar-refractivity contribution in [3.05, 3.63) is 0 Å². The molecule has 0 aliphatic heterocycles. The van der Waals surface area contributed by atoms with Gasteiger partial charge in [0.2, 0.25) is 9.04 Å². The minimum absolute atomic E-state index is 0.651.